The van der Waals surface area contributed by atoms with E-state index in [1.807, 2.05) is 36.5 Å². The monoisotopic (exact) mass is 660 g/mol. The molecule has 2 N–H and O–H groups in total. The van der Waals surface area contributed by atoms with Gasteiger partial charge in [0.1, 0.15) is 22.9 Å². The molecule has 2 aliphatic carbocycles. The van der Waals surface area contributed by atoms with Crippen molar-refractivity contribution < 1.29 is 9.59 Å². The van der Waals surface area contributed by atoms with Crippen LogP contribution in [0.2, 0.25) is 0 Å². The summed E-state index contributed by atoms with van der Waals surface area (Å²) in [7, 11) is 0. The van der Waals surface area contributed by atoms with E-state index in [1.54, 1.807) is 23.2 Å². The molecule has 3 aliphatic rings. The normalized spacial score (nSPS) is 20.4. The maximum Gasteiger partial charge on any atom is 0.261 e. The van der Waals surface area contributed by atoms with Gasteiger partial charge in [0.05, 0.1) is 22.3 Å². The minimum absolute atomic E-state index is 0.0676. The van der Waals surface area contributed by atoms with Crippen LogP contribution in [0.5, 0.6) is 0 Å². The maximum absolute atomic E-state index is 13.8. The lowest BCUT2D eigenvalue weighted by Gasteiger charge is -2.43. The lowest BCUT2D eigenvalue weighted by molar-refractivity contribution is 0.0338. The van der Waals surface area contributed by atoms with E-state index in [0.717, 1.165) is 96.1 Å². The van der Waals surface area contributed by atoms with Crippen molar-refractivity contribution in [1.82, 2.24) is 24.3 Å². The summed E-state index contributed by atoms with van der Waals surface area (Å²) in [5, 5.41) is 1.06. The molecule has 8 nitrogen and oxygen atoms in total. The Labute approximate surface area is 291 Å². The fraction of sp³-hybridized carbons (Fsp3) is 0.310. The second-order valence-electron chi connectivity index (χ2n) is 14.3. The molecule has 3 aromatic carbocycles. The number of rotatable bonds is 6. The minimum atomic E-state index is -0.115. The van der Waals surface area contributed by atoms with E-state index in [4.69, 9.17) is 15.7 Å². The van der Waals surface area contributed by atoms with Crippen molar-refractivity contribution in [3.05, 3.63) is 114 Å². The third-order valence-corrected chi connectivity index (χ3v) is 11.5. The van der Waals surface area contributed by atoms with Crippen molar-refractivity contribution in [2.45, 2.75) is 69.7 Å². The lowest BCUT2D eigenvalue weighted by atomic mass is 9.71. The first kappa shape index (κ1) is 30.7. The average Bonchev–Trinajstić information content (AvgIpc) is 3.68. The largest absolute Gasteiger partial charge is 0.382 e. The minimum Gasteiger partial charge on any atom is -0.382 e. The van der Waals surface area contributed by atoms with Crippen LogP contribution < -0.4 is 5.73 Å². The van der Waals surface area contributed by atoms with Gasteiger partial charge in [0.15, 0.2) is 0 Å². The maximum atomic E-state index is 13.8. The number of carbonyl (C=O) groups is 2. The van der Waals surface area contributed by atoms with Gasteiger partial charge < -0.3 is 5.73 Å². The number of aromatic nitrogens is 4. The molecule has 0 spiro atoms. The van der Waals surface area contributed by atoms with Gasteiger partial charge in [0.2, 0.25) is 0 Å². The molecule has 1 unspecified atom stereocenters. The Morgan fingerprint density at radius 2 is 1.38 bits per heavy atom. The summed E-state index contributed by atoms with van der Waals surface area (Å²) in [6.45, 7) is 0. The average molecular weight is 661 g/mol. The molecular formula is C42H40N6O2. The number of nitrogens with zero attached hydrogens (tertiary/aromatic N) is 5. The van der Waals surface area contributed by atoms with Gasteiger partial charge in [-0.3, -0.25) is 18.9 Å². The van der Waals surface area contributed by atoms with Gasteiger partial charge in [-0.2, -0.15) is 0 Å². The summed E-state index contributed by atoms with van der Waals surface area (Å²) in [6, 6.07) is 27.9. The van der Waals surface area contributed by atoms with Crippen LogP contribution in [-0.4, -0.2) is 42.1 Å². The molecule has 0 saturated heterocycles. The molecule has 0 bridgehead atoms. The Kier molecular flexibility index (Phi) is 7.67. The molecule has 1 atom stereocenters. The highest BCUT2D eigenvalue weighted by Gasteiger charge is 2.46. The predicted octanol–water partition coefficient (Wildman–Crippen LogP) is 8.71. The molecule has 250 valence electrons. The number of pyridine rings is 1. The summed E-state index contributed by atoms with van der Waals surface area (Å²) in [4.78, 5) is 44.0. The second kappa shape index (κ2) is 12.5. The Balaban J connectivity index is 1.03. The molecule has 2 saturated carbocycles. The van der Waals surface area contributed by atoms with Gasteiger partial charge in [-0.25, -0.2) is 15.0 Å². The number of imide groups is 1. The van der Waals surface area contributed by atoms with E-state index < -0.39 is 0 Å². The fourth-order valence-corrected chi connectivity index (χ4v) is 9.09. The van der Waals surface area contributed by atoms with Crippen molar-refractivity contribution in [2.24, 2.45) is 11.8 Å². The third kappa shape index (κ3) is 5.16. The van der Waals surface area contributed by atoms with Crippen LogP contribution in [0.25, 0.3) is 38.9 Å². The summed E-state index contributed by atoms with van der Waals surface area (Å²) < 4.78 is 2.13. The Morgan fingerprint density at radius 1 is 0.700 bits per heavy atom. The number of nitrogen functional groups attached to an aromatic ring is 1. The highest BCUT2D eigenvalue weighted by molar-refractivity contribution is 6.21. The molecule has 0 radical (unpaired) electrons. The van der Waals surface area contributed by atoms with Crippen molar-refractivity contribution in [2.75, 3.05) is 5.73 Å². The molecule has 3 aromatic heterocycles. The lowest BCUT2D eigenvalue weighted by Crippen LogP contribution is -2.50. The van der Waals surface area contributed by atoms with Crippen LogP contribution in [0.15, 0.2) is 97.3 Å². The van der Waals surface area contributed by atoms with Gasteiger partial charge in [0.25, 0.3) is 11.8 Å². The van der Waals surface area contributed by atoms with Crippen LogP contribution in [0.3, 0.4) is 0 Å². The molecular weight excluding hydrogens is 621 g/mol. The third-order valence-electron chi connectivity index (χ3n) is 11.5. The number of fused-ring (bicyclic) bond motifs is 3. The second-order valence-corrected chi connectivity index (χ2v) is 14.3. The molecule has 9 rings (SSSR count). The van der Waals surface area contributed by atoms with Crippen LogP contribution in [0.4, 0.5) is 5.82 Å². The SMILES string of the molecule is Nc1nccn2c(C3CCC(C(C4CCCCC4)N4C(=O)c5ccccc5C4=O)CC3)nc(-c3ccc4ccc(-c5ccccc5)nc4c3)c12. The number of anilines is 1. The highest BCUT2D eigenvalue weighted by atomic mass is 16.2. The first-order valence-electron chi connectivity index (χ1n) is 18.1. The van der Waals surface area contributed by atoms with Crippen molar-refractivity contribution in [3.8, 4) is 22.5 Å². The number of hydrogen-bond donors (Lipinski definition) is 1. The van der Waals surface area contributed by atoms with Crippen molar-refractivity contribution in [3.63, 3.8) is 0 Å². The van der Waals surface area contributed by atoms with Gasteiger partial charge in [-0.1, -0.05) is 79.9 Å². The van der Waals surface area contributed by atoms with Crippen LogP contribution in [-0.2, 0) is 0 Å². The fourth-order valence-electron chi connectivity index (χ4n) is 9.09. The molecule has 2 amide bonds. The van der Waals surface area contributed by atoms with Crippen LogP contribution in [0.1, 0.15) is 90.2 Å². The topological polar surface area (TPSA) is 106 Å². The van der Waals surface area contributed by atoms with E-state index in [2.05, 4.69) is 51.8 Å². The number of nitrogens with two attached hydrogens (primary N) is 1. The van der Waals surface area contributed by atoms with Gasteiger partial charge in [-0.05, 0) is 74.6 Å². The summed E-state index contributed by atoms with van der Waals surface area (Å²) in [6.07, 6.45) is 13.2. The van der Waals surface area contributed by atoms with E-state index >= 15 is 0 Å². The predicted molar refractivity (Wildman–Crippen MR) is 196 cm³/mol. The Morgan fingerprint density at radius 3 is 2.12 bits per heavy atom. The number of carbonyl (C=O) groups excluding carboxylic acids is 2. The first-order chi connectivity index (χ1) is 24.5. The van der Waals surface area contributed by atoms with E-state index in [-0.39, 0.29) is 29.7 Å². The quantitative estimate of drug-likeness (QED) is 0.179. The standard InChI is InChI=1S/C42H40N6O2/c43-39-38-36(31-20-15-27-21-22-34(45-35(27)25-31)26-9-3-1-4-10-26)46-40(47(38)24-23-44-39)30-18-16-29(17-19-30)37(28-11-5-2-6-12-28)48-41(49)32-13-7-8-14-33(32)42(48)50/h1,3-4,7-10,13-15,20-25,28-30,37H,2,5-6,11-12,16-19H2,(H2,43,44). The van der Waals surface area contributed by atoms with Gasteiger partial charge in [0, 0.05) is 40.9 Å². The van der Waals surface area contributed by atoms with E-state index in [9.17, 15) is 9.59 Å². The van der Waals surface area contributed by atoms with Crippen LogP contribution in [0, 0.1) is 11.8 Å². The molecule has 6 aromatic rings. The number of imidazole rings is 1. The van der Waals surface area contributed by atoms with Crippen molar-refractivity contribution in [1.29, 1.82) is 0 Å². The number of benzene rings is 3. The van der Waals surface area contributed by atoms with Gasteiger partial charge >= 0.3 is 0 Å². The van der Waals surface area contributed by atoms with Gasteiger partial charge in [-0.15, -0.1) is 0 Å². The first-order valence-corrected chi connectivity index (χ1v) is 18.1. The molecule has 4 heterocycles. The van der Waals surface area contributed by atoms with Crippen molar-refractivity contribution >= 4 is 34.1 Å². The van der Waals surface area contributed by atoms with Crippen LogP contribution >= 0.6 is 0 Å². The highest BCUT2D eigenvalue weighted by Crippen LogP contribution is 2.45. The molecule has 50 heavy (non-hydrogen) atoms. The smallest absolute Gasteiger partial charge is 0.261 e. The number of amides is 2. The Bertz CT molecular complexity index is 2210. The molecule has 1 aliphatic heterocycles. The molecule has 8 heteroatoms. The summed E-state index contributed by atoms with van der Waals surface area (Å²) >= 11 is 0. The zero-order valence-electron chi connectivity index (χ0n) is 28.0. The zero-order valence-corrected chi connectivity index (χ0v) is 28.0. The number of hydrogen-bond acceptors (Lipinski definition) is 6. The zero-order chi connectivity index (χ0) is 33.8. The molecule has 2 fully saturated rings. The van der Waals surface area contributed by atoms with E-state index in [1.165, 1.54) is 6.42 Å². The summed E-state index contributed by atoms with van der Waals surface area (Å²) in [5.41, 5.74) is 13.2. The van der Waals surface area contributed by atoms with E-state index in [0.29, 0.717) is 22.9 Å². The Hall–Kier alpha value is -5.37. The summed E-state index contributed by atoms with van der Waals surface area (Å²) in [5.74, 6) is 2.03.